The number of esters is 1. The molecule has 0 unspecified atom stereocenters. The lowest BCUT2D eigenvalue weighted by Gasteiger charge is -2.12. The minimum atomic E-state index is -3.50. The molecule has 0 aliphatic rings. The Morgan fingerprint density at radius 2 is 1.60 bits per heavy atom. The van der Waals surface area contributed by atoms with Gasteiger partial charge in [0.05, 0.1) is 11.5 Å². The van der Waals surface area contributed by atoms with Crippen molar-refractivity contribution in [3.05, 3.63) is 60.2 Å². The van der Waals surface area contributed by atoms with Crippen LogP contribution in [0.2, 0.25) is 0 Å². The molecule has 2 rings (SSSR count). The average Bonchev–Trinajstić information content (AvgIpc) is 2.72. The van der Waals surface area contributed by atoms with Gasteiger partial charge in [0.2, 0.25) is 15.9 Å². The number of amides is 1. The van der Waals surface area contributed by atoms with Gasteiger partial charge in [0.1, 0.15) is 0 Å². The molecule has 0 atom stereocenters. The van der Waals surface area contributed by atoms with Crippen molar-refractivity contribution in [1.29, 1.82) is 0 Å². The van der Waals surface area contributed by atoms with Gasteiger partial charge in [0.15, 0.2) is 0 Å². The Morgan fingerprint density at radius 3 is 2.23 bits per heavy atom. The summed E-state index contributed by atoms with van der Waals surface area (Å²) in [6, 6.07) is 16.0. The van der Waals surface area contributed by atoms with Gasteiger partial charge in [-0.3, -0.25) is 9.59 Å². The number of nitrogens with one attached hydrogen (secondary N) is 1. The lowest BCUT2D eigenvalue weighted by atomic mass is 10.1. The number of benzene rings is 2. The molecule has 2 aromatic carbocycles. The van der Waals surface area contributed by atoms with Gasteiger partial charge in [-0.25, -0.2) is 12.7 Å². The van der Waals surface area contributed by atoms with Crippen molar-refractivity contribution in [2.24, 2.45) is 0 Å². The number of ether oxygens (including phenoxy) is 1. The van der Waals surface area contributed by atoms with Gasteiger partial charge in [0, 0.05) is 32.6 Å². The van der Waals surface area contributed by atoms with Crippen LogP contribution in [-0.2, 0) is 30.8 Å². The third-order valence-electron chi connectivity index (χ3n) is 4.42. The van der Waals surface area contributed by atoms with Crippen LogP contribution in [0.25, 0.3) is 0 Å². The molecule has 0 bridgehead atoms. The van der Waals surface area contributed by atoms with Crippen LogP contribution in [0.15, 0.2) is 59.5 Å². The second-order valence-corrected chi connectivity index (χ2v) is 9.17. The van der Waals surface area contributed by atoms with Crippen LogP contribution in [0, 0.1) is 0 Å². The molecule has 0 saturated heterocycles. The van der Waals surface area contributed by atoms with Crippen molar-refractivity contribution in [2.75, 3.05) is 26.0 Å². The molecule has 0 heterocycles. The van der Waals surface area contributed by atoms with Crippen LogP contribution >= 0.6 is 0 Å². The summed E-state index contributed by atoms with van der Waals surface area (Å²) in [6.45, 7) is 0.363. The maximum atomic E-state index is 12.0. The van der Waals surface area contributed by atoms with Crippen molar-refractivity contribution >= 4 is 27.6 Å². The molecule has 0 radical (unpaired) electrons. The van der Waals surface area contributed by atoms with Gasteiger partial charge in [-0.2, -0.15) is 0 Å². The summed E-state index contributed by atoms with van der Waals surface area (Å²) in [5, 5.41) is 2.69. The smallest absolute Gasteiger partial charge is 0.305 e. The molecule has 30 heavy (non-hydrogen) atoms. The SMILES string of the molecule is CN(C)S(=O)(=O)c1ccc(NC(=O)CCCC(=O)OCCCc2ccccc2)cc1. The van der Waals surface area contributed by atoms with Gasteiger partial charge in [-0.15, -0.1) is 0 Å². The summed E-state index contributed by atoms with van der Waals surface area (Å²) in [5.74, 6) is -0.552. The lowest BCUT2D eigenvalue weighted by Crippen LogP contribution is -2.22. The average molecular weight is 433 g/mol. The summed E-state index contributed by atoms with van der Waals surface area (Å²) in [5.41, 5.74) is 1.71. The number of hydrogen-bond acceptors (Lipinski definition) is 5. The fourth-order valence-corrected chi connectivity index (χ4v) is 3.62. The van der Waals surface area contributed by atoms with Crippen molar-refractivity contribution in [3.8, 4) is 0 Å². The zero-order chi connectivity index (χ0) is 22.0. The highest BCUT2D eigenvalue weighted by Gasteiger charge is 2.16. The number of hydrogen-bond donors (Lipinski definition) is 1. The summed E-state index contributed by atoms with van der Waals surface area (Å²) >= 11 is 0. The summed E-state index contributed by atoms with van der Waals surface area (Å²) in [4.78, 5) is 23.9. The zero-order valence-electron chi connectivity index (χ0n) is 17.3. The van der Waals surface area contributed by atoms with Crippen LogP contribution in [0.1, 0.15) is 31.2 Å². The second-order valence-electron chi connectivity index (χ2n) is 7.02. The van der Waals surface area contributed by atoms with E-state index in [4.69, 9.17) is 4.74 Å². The molecule has 8 heteroatoms. The predicted octanol–water partition coefficient (Wildman–Crippen LogP) is 3.22. The largest absolute Gasteiger partial charge is 0.466 e. The maximum Gasteiger partial charge on any atom is 0.305 e. The number of carbonyl (C=O) groups excluding carboxylic acids is 2. The third-order valence-corrected chi connectivity index (χ3v) is 6.25. The van der Waals surface area contributed by atoms with Crippen molar-refractivity contribution in [2.45, 2.75) is 37.0 Å². The Kier molecular flexibility index (Phi) is 9.01. The topological polar surface area (TPSA) is 92.8 Å². The van der Waals surface area contributed by atoms with E-state index in [2.05, 4.69) is 5.32 Å². The number of sulfonamides is 1. The Bertz CT molecular complexity index is 926. The Labute approximate surface area is 178 Å². The number of carbonyl (C=O) groups is 2. The fraction of sp³-hybridized carbons (Fsp3) is 0.364. The Balaban J connectivity index is 1.64. The van der Waals surface area contributed by atoms with E-state index in [1.54, 1.807) is 0 Å². The first-order valence-electron chi connectivity index (χ1n) is 9.81. The predicted molar refractivity (Wildman–Crippen MR) is 116 cm³/mol. The molecule has 7 nitrogen and oxygen atoms in total. The highest BCUT2D eigenvalue weighted by atomic mass is 32.2. The molecule has 0 aromatic heterocycles. The first kappa shape index (κ1) is 23.6. The molecule has 162 valence electrons. The van der Waals surface area contributed by atoms with Gasteiger partial charge in [-0.1, -0.05) is 30.3 Å². The minimum Gasteiger partial charge on any atom is -0.466 e. The Hall–Kier alpha value is -2.71. The molecular weight excluding hydrogens is 404 g/mol. The second kappa shape index (κ2) is 11.5. The van der Waals surface area contributed by atoms with E-state index in [0.29, 0.717) is 18.7 Å². The molecule has 0 saturated carbocycles. The third kappa shape index (κ3) is 7.61. The van der Waals surface area contributed by atoms with E-state index in [9.17, 15) is 18.0 Å². The summed E-state index contributed by atoms with van der Waals surface area (Å²) < 4.78 is 30.4. The molecule has 1 amide bonds. The van der Waals surface area contributed by atoms with Crippen molar-refractivity contribution < 1.29 is 22.7 Å². The maximum absolute atomic E-state index is 12.0. The lowest BCUT2D eigenvalue weighted by molar-refractivity contribution is -0.143. The van der Waals surface area contributed by atoms with Crippen LogP contribution in [-0.4, -0.2) is 45.3 Å². The van der Waals surface area contributed by atoms with Gasteiger partial charge >= 0.3 is 5.97 Å². The summed E-state index contributed by atoms with van der Waals surface area (Å²) in [7, 11) is -0.587. The fourth-order valence-electron chi connectivity index (χ4n) is 2.72. The molecule has 1 N–H and O–H groups in total. The zero-order valence-corrected chi connectivity index (χ0v) is 18.2. The number of aryl methyl sites for hydroxylation is 1. The Morgan fingerprint density at radius 1 is 0.933 bits per heavy atom. The van der Waals surface area contributed by atoms with E-state index in [1.165, 1.54) is 43.9 Å². The molecule has 0 fully saturated rings. The molecule has 0 spiro atoms. The van der Waals surface area contributed by atoms with Crippen LogP contribution in [0.3, 0.4) is 0 Å². The van der Waals surface area contributed by atoms with Crippen LogP contribution in [0.5, 0.6) is 0 Å². The first-order chi connectivity index (χ1) is 14.3. The van der Waals surface area contributed by atoms with E-state index >= 15 is 0 Å². The molecular formula is C22H28N2O5S. The van der Waals surface area contributed by atoms with E-state index < -0.39 is 10.0 Å². The number of nitrogens with zero attached hydrogens (tertiary/aromatic N) is 1. The van der Waals surface area contributed by atoms with Gasteiger partial charge < -0.3 is 10.1 Å². The van der Waals surface area contributed by atoms with Gasteiger partial charge in [-0.05, 0) is 49.1 Å². The molecule has 0 aliphatic carbocycles. The monoisotopic (exact) mass is 432 g/mol. The van der Waals surface area contributed by atoms with E-state index in [1.807, 2.05) is 30.3 Å². The standard InChI is InChI=1S/C22H28N2O5S/c1-24(2)30(27,28)20-15-13-19(14-16-20)23-21(25)11-6-12-22(26)29-17-7-10-18-8-4-3-5-9-18/h3-5,8-9,13-16H,6-7,10-12,17H2,1-2H3,(H,23,25). The van der Waals surface area contributed by atoms with Crippen LogP contribution < -0.4 is 5.32 Å². The number of rotatable bonds is 11. The van der Waals surface area contributed by atoms with Gasteiger partial charge in [0.25, 0.3) is 0 Å². The molecule has 0 aliphatic heterocycles. The normalized spacial score (nSPS) is 11.3. The van der Waals surface area contributed by atoms with Crippen molar-refractivity contribution in [1.82, 2.24) is 4.31 Å². The van der Waals surface area contributed by atoms with Crippen molar-refractivity contribution in [3.63, 3.8) is 0 Å². The van der Waals surface area contributed by atoms with Crippen LogP contribution in [0.4, 0.5) is 5.69 Å². The number of anilines is 1. The minimum absolute atomic E-state index is 0.153. The first-order valence-corrected chi connectivity index (χ1v) is 11.2. The quantitative estimate of drug-likeness (QED) is 0.435. The highest BCUT2D eigenvalue weighted by Crippen LogP contribution is 2.17. The highest BCUT2D eigenvalue weighted by molar-refractivity contribution is 7.89. The van der Waals surface area contributed by atoms with E-state index in [0.717, 1.165) is 17.1 Å². The molecule has 2 aromatic rings. The summed E-state index contributed by atoms with van der Waals surface area (Å²) in [6.07, 6.45) is 2.35. The van der Waals surface area contributed by atoms with E-state index in [-0.39, 0.29) is 29.6 Å².